The predicted molar refractivity (Wildman–Crippen MR) is 256 cm³/mol. The molecule has 10 aromatic carbocycles. The minimum atomic E-state index is 0.411. The molecule has 60 heavy (non-hydrogen) atoms. The Morgan fingerprint density at radius 1 is 0.367 bits per heavy atom. The molecule has 0 saturated carbocycles. The maximum absolute atomic E-state index is 6.89. The average molecular weight is 781 g/mol. The lowest BCUT2D eigenvalue weighted by atomic mass is 9.84. The number of fused-ring (bicyclic) bond motifs is 10. The summed E-state index contributed by atoms with van der Waals surface area (Å²) in [6, 6.07) is 66.9. The Kier molecular flexibility index (Phi) is 7.43. The normalized spacial score (nSPS) is 15.8. The van der Waals surface area contributed by atoms with E-state index in [0.29, 0.717) is 11.2 Å². The molecule has 280 valence electrons. The van der Waals surface area contributed by atoms with Crippen LogP contribution in [0.5, 0.6) is 0 Å². The molecule has 1 aromatic heterocycles. The molecule has 0 radical (unpaired) electrons. The largest absolute Gasteiger partial charge is 0.456 e. The van der Waals surface area contributed by atoms with Crippen molar-refractivity contribution in [3.63, 3.8) is 0 Å². The van der Waals surface area contributed by atoms with Gasteiger partial charge in [0, 0.05) is 26.8 Å². The summed E-state index contributed by atoms with van der Waals surface area (Å²) in [4.78, 5) is 1.40. The Hall–Kier alpha value is -7.13. The molecule has 2 unspecified atom stereocenters. The SMILES string of the molecule is C1=CC2Sc3c(-c4c5ccccc5c(-c5ccc6c(c5)oc5cccc(-c7c8ccccc8c(-c8ccccc8)c8ccccc78)c56)c5ccccc45)cccc3C2C=C1. The first-order valence-corrected chi connectivity index (χ1v) is 21.7. The number of rotatable bonds is 4. The van der Waals surface area contributed by atoms with Gasteiger partial charge in [0.1, 0.15) is 11.2 Å². The van der Waals surface area contributed by atoms with Crippen LogP contribution in [0.15, 0.2) is 216 Å². The number of thioether (sulfide) groups is 1. The Bertz CT molecular complexity index is 3530. The molecule has 0 bridgehead atoms. The van der Waals surface area contributed by atoms with Crippen LogP contribution in [0.25, 0.3) is 110 Å². The van der Waals surface area contributed by atoms with E-state index in [2.05, 4.69) is 206 Å². The summed E-state index contributed by atoms with van der Waals surface area (Å²) in [5.41, 5.74) is 13.2. The highest BCUT2D eigenvalue weighted by atomic mass is 32.2. The quantitative estimate of drug-likeness (QED) is 0.165. The summed E-state index contributed by atoms with van der Waals surface area (Å²) in [6.45, 7) is 0. The van der Waals surface area contributed by atoms with Crippen LogP contribution in [-0.4, -0.2) is 5.25 Å². The minimum Gasteiger partial charge on any atom is -0.456 e. The molecule has 1 aliphatic carbocycles. The highest BCUT2D eigenvalue weighted by molar-refractivity contribution is 8.00. The topological polar surface area (TPSA) is 13.1 Å². The van der Waals surface area contributed by atoms with E-state index in [1.807, 2.05) is 11.8 Å². The van der Waals surface area contributed by atoms with Gasteiger partial charge in [-0.2, -0.15) is 0 Å². The maximum Gasteiger partial charge on any atom is 0.136 e. The zero-order chi connectivity index (χ0) is 39.3. The molecule has 2 heteroatoms. The Balaban J connectivity index is 1.04. The third-order valence-electron chi connectivity index (χ3n) is 13.0. The van der Waals surface area contributed by atoms with Crippen molar-refractivity contribution in [2.75, 3.05) is 0 Å². The summed E-state index contributed by atoms with van der Waals surface area (Å²) < 4.78 is 6.89. The second-order valence-corrected chi connectivity index (χ2v) is 17.3. The zero-order valence-corrected chi connectivity index (χ0v) is 33.4. The molecule has 0 N–H and O–H groups in total. The monoisotopic (exact) mass is 780 g/mol. The first-order valence-electron chi connectivity index (χ1n) is 20.8. The van der Waals surface area contributed by atoms with Crippen molar-refractivity contribution in [3.8, 4) is 44.5 Å². The van der Waals surface area contributed by atoms with Gasteiger partial charge in [0.15, 0.2) is 0 Å². The van der Waals surface area contributed by atoms with Gasteiger partial charge in [-0.15, -0.1) is 11.8 Å². The summed E-state index contributed by atoms with van der Waals surface area (Å²) in [5, 5.41) is 12.7. The molecule has 0 fully saturated rings. The number of benzene rings is 10. The molecule has 2 atom stereocenters. The van der Waals surface area contributed by atoms with Crippen LogP contribution in [0, 0.1) is 0 Å². The Labute approximate surface area is 351 Å². The van der Waals surface area contributed by atoms with Crippen molar-refractivity contribution in [1.29, 1.82) is 0 Å². The van der Waals surface area contributed by atoms with Crippen molar-refractivity contribution < 1.29 is 4.42 Å². The van der Waals surface area contributed by atoms with Crippen LogP contribution in [0.3, 0.4) is 0 Å². The van der Waals surface area contributed by atoms with Crippen LogP contribution in [0.4, 0.5) is 0 Å². The standard InChI is InChI=1S/C58H36OS/c1-2-16-35(17-3-1)53-38-19-4-8-23-42(38)55(43-24-9-5-20-39(43)53)48-28-15-30-50-57(48)47-33-32-36(34-51(47)59-50)54-40-21-6-10-25-44(40)56(45-26-11-7-22-41(45)54)49-29-14-27-46-37-18-12-13-31-52(37)60-58(46)49/h1-34,37,52H. The van der Waals surface area contributed by atoms with Crippen molar-refractivity contribution in [1.82, 2.24) is 0 Å². The Morgan fingerprint density at radius 2 is 0.883 bits per heavy atom. The fraction of sp³-hybridized carbons (Fsp3) is 0.0345. The lowest BCUT2D eigenvalue weighted by Gasteiger charge is -2.19. The van der Waals surface area contributed by atoms with E-state index in [9.17, 15) is 0 Å². The number of hydrogen-bond donors (Lipinski definition) is 0. The van der Waals surface area contributed by atoms with E-state index < -0.39 is 0 Å². The van der Waals surface area contributed by atoms with Gasteiger partial charge in [0.05, 0.1) is 0 Å². The molecule has 2 heterocycles. The molecule has 0 spiro atoms. The van der Waals surface area contributed by atoms with Crippen LogP contribution < -0.4 is 0 Å². The van der Waals surface area contributed by atoms with Crippen LogP contribution >= 0.6 is 11.8 Å². The summed E-state index contributed by atoms with van der Waals surface area (Å²) in [7, 11) is 0. The molecule has 1 aliphatic heterocycles. The molecule has 1 nitrogen and oxygen atoms in total. The highest BCUT2D eigenvalue weighted by Crippen LogP contribution is 2.55. The predicted octanol–water partition coefficient (Wildman–Crippen LogP) is 16.6. The van der Waals surface area contributed by atoms with Crippen LogP contribution in [0.2, 0.25) is 0 Å². The minimum absolute atomic E-state index is 0.411. The van der Waals surface area contributed by atoms with Gasteiger partial charge in [0.2, 0.25) is 0 Å². The third-order valence-corrected chi connectivity index (χ3v) is 14.4. The summed E-state index contributed by atoms with van der Waals surface area (Å²) in [5.74, 6) is 0.411. The van der Waals surface area contributed by atoms with Gasteiger partial charge in [0.25, 0.3) is 0 Å². The molecule has 11 aromatic rings. The third kappa shape index (κ3) is 4.89. The second kappa shape index (κ2) is 13.2. The van der Waals surface area contributed by atoms with E-state index in [1.165, 1.54) is 92.5 Å². The Morgan fingerprint density at radius 3 is 1.52 bits per heavy atom. The van der Waals surface area contributed by atoms with Crippen molar-refractivity contribution in [3.05, 3.63) is 212 Å². The van der Waals surface area contributed by atoms with Crippen molar-refractivity contribution in [2.24, 2.45) is 0 Å². The average Bonchev–Trinajstić information content (AvgIpc) is 3.89. The molecular weight excluding hydrogens is 745 g/mol. The van der Waals surface area contributed by atoms with E-state index in [1.54, 1.807) is 0 Å². The van der Waals surface area contributed by atoms with Crippen LogP contribution in [0.1, 0.15) is 11.5 Å². The maximum atomic E-state index is 6.89. The summed E-state index contributed by atoms with van der Waals surface area (Å²) in [6.07, 6.45) is 9.14. The van der Waals surface area contributed by atoms with Gasteiger partial charge >= 0.3 is 0 Å². The van der Waals surface area contributed by atoms with Crippen molar-refractivity contribution in [2.45, 2.75) is 16.1 Å². The van der Waals surface area contributed by atoms with Gasteiger partial charge < -0.3 is 4.42 Å². The van der Waals surface area contributed by atoms with E-state index in [-0.39, 0.29) is 0 Å². The first kappa shape index (κ1) is 33.8. The number of hydrogen-bond acceptors (Lipinski definition) is 2. The number of furan rings is 1. The van der Waals surface area contributed by atoms with E-state index >= 15 is 0 Å². The van der Waals surface area contributed by atoms with Gasteiger partial charge in [-0.1, -0.05) is 188 Å². The molecule has 13 rings (SSSR count). The van der Waals surface area contributed by atoms with Crippen molar-refractivity contribution >= 4 is 76.8 Å². The van der Waals surface area contributed by atoms with E-state index in [0.717, 1.165) is 27.5 Å². The number of allylic oxidation sites excluding steroid dienone is 3. The van der Waals surface area contributed by atoms with Crippen LogP contribution in [-0.2, 0) is 0 Å². The van der Waals surface area contributed by atoms with E-state index in [4.69, 9.17) is 4.42 Å². The fourth-order valence-electron chi connectivity index (χ4n) is 10.5. The first-order chi connectivity index (χ1) is 29.8. The van der Waals surface area contributed by atoms with Gasteiger partial charge in [-0.3, -0.25) is 0 Å². The van der Waals surface area contributed by atoms with Gasteiger partial charge in [-0.05, 0) is 111 Å². The molecule has 0 saturated heterocycles. The highest BCUT2D eigenvalue weighted by Gasteiger charge is 2.33. The lowest BCUT2D eigenvalue weighted by Crippen LogP contribution is -2.06. The molecular formula is C58H36OS. The molecule has 0 amide bonds. The second-order valence-electron chi connectivity index (χ2n) is 16.1. The molecule has 2 aliphatic rings. The summed E-state index contributed by atoms with van der Waals surface area (Å²) >= 11 is 2.01. The van der Waals surface area contributed by atoms with Gasteiger partial charge in [-0.25, -0.2) is 0 Å². The smallest absolute Gasteiger partial charge is 0.136 e. The lowest BCUT2D eigenvalue weighted by molar-refractivity contribution is 0.669. The fourth-order valence-corrected chi connectivity index (χ4v) is 12.0. The zero-order valence-electron chi connectivity index (χ0n) is 32.6.